The molecular formula is C19H22IN5O. The van der Waals surface area contributed by atoms with Crippen LogP contribution in [0, 0.1) is 24.3 Å². The number of benzene rings is 1. The second-order valence-electron chi connectivity index (χ2n) is 6.41. The highest BCUT2D eigenvalue weighted by Gasteiger charge is 2.07. The maximum absolute atomic E-state index is 12.2. The van der Waals surface area contributed by atoms with Crippen LogP contribution >= 0.6 is 22.6 Å². The number of rotatable bonds is 6. The number of hydrogen-bond acceptors (Lipinski definition) is 3. The van der Waals surface area contributed by atoms with Crippen molar-refractivity contribution in [2.75, 3.05) is 5.32 Å². The Morgan fingerprint density at radius 1 is 1.19 bits per heavy atom. The SMILES string of the molecule is Cc1cc(C)n(Cc2cccc(NC(=O)CCn3cc(I)c(C)n3)c2)n1. The van der Waals surface area contributed by atoms with Crippen molar-refractivity contribution in [3.05, 3.63) is 62.7 Å². The van der Waals surface area contributed by atoms with Crippen molar-refractivity contribution in [2.24, 2.45) is 0 Å². The molecular weight excluding hydrogens is 441 g/mol. The summed E-state index contributed by atoms with van der Waals surface area (Å²) in [6.07, 6.45) is 2.34. The smallest absolute Gasteiger partial charge is 0.226 e. The number of anilines is 1. The zero-order valence-electron chi connectivity index (χ0n) is 15.2. The monoisotopic (exact) mass is 463 g/mol. The predicted octanol–water partition coefficient (Wildman–Crippen LogP) is 3.69. The number of carbonyl (C=O) groups excluding carboxylic acids is 1. The minimum absolute atomic E-state index is 0.0172. The number of hydrogen-bond donors (Lipinski definition) is 1. The van der Waals surface area contributed by atoms with Crippen LogP contribution in [-0.2, 0) is 17.9 Å². The van der Waals surface area contributed by atoms with Gasteiger partial charge < -0.3 is 5.32 Å². The zero-order valence-corrected chi connectivity index (χ0v) is 17.3. The van der Waals surface area contributed by atoms with E-state index in [1.54, 1.807) is 0 Å². The molecule has 3 rings (SSSR count). The largest absolute Gasteiger partial charge is 0.326 e. The quantitative estimate of drug-likeness (QED) is 0.568. The van der Waals surface area contributed by atoms with E-state index >= 15 is 0 Å². The van der Waals surface area contributed by atoms with Crippen molar-refractivity contribution >= 4 is 34.2 Å². The van der Waals surface area contributed by atoms with Crippen molar-refractivity contribution in [3.63, 3.8) is 0 Å². The van der Waals surface area contributed by atoms with E-state index in [0.29, 0.717) is 19.5 Å². The number of nitrogens with zero attached hydrogens (tertiary/aromatic N) is 4. The van der Waals surface area contributed by atoms with Crippen LogP contribution in [0.4, 0.5) is 5.69 Å². The molecule has 7 heteroatoms. The van der Waals surface area contributed by atoms with E-state index in [1.165, 1.54) is 0 Å². The molecule has 0 radical (unpaired) electrons. The minimum Gasteiger partial charge on any atom is -0.326 e. The predicted molar refractivity (Wildman–Crippen MR) is 110 cm³/mol. The van der Waals surface area contributed by atoms with Gasteiger partial charge in [-0.2, -0.15) is 10.2 Å². The molecule has 136 valence electrons. The fraction of sp³-hybridized carbons (Fsp3) is 0.316. The van der Waals surface area contributed by atoms with Crippen LogP contribution < -0.4 is 5.32 Å². The number of nitrogens with one attached hydrogen (secondary N) is 1. The summed E-state index contributed by atoms with van der Waals surface area (Å²) in [4.78, 5) is 12.2. The van der Waals surface area contributed by atoms with Gasteiger partial charge in [0.15, 0.2) is 0 Å². The Morgan fingerprint density at radius 3 is 2.65 bits per heavy atom. The molecule has 0 saturated carbocycles. The molecule has 0 saturated heterocycles. The Hall–Kier alpha value is -2.16. The van der Waals surface area contributed by atoms with E-state index in [2.05, 4.69) is 44.2 Å². The lowest BCUT2D eigenvalue weighted by atomic mass is 10.2. The fourth-order valence-electron chi connectivity index (χ4n) is 2.80. The Labute approximate surface area is 166 Å². The Kier molecular flexibility index (Phi) is 5.75. The third-order valence-corrected chi connectivity index (χ3v) is 5.16. The molecule has 0 aliphatic carbocycles. The van der Waals surface area contributed by atoms with Gasteiger partial charge in [-0.05, 0) is 67.1 Å². The molecule has 0 bridgehead atoms. The summed E-state index contributed by atoms with van der Waals surface area (Å²) in [5.41, 5.74) is 5.03. The lowest BCUT2D eigenvalue weighted by Gasteiger charge is -2.09. The van der Waals surface area contributed by atoms with Crippen LogP contribution in [-0.4, -0.2) is 25.5 Å². The van der Waals surface area contributed by atoms with Crippen molar-refractivity contribution < 1.29 is 4.79 Å². The van der Waals surface area contributed by atoms with Gasteiger partial charge in [0.1, 0.15) is 0 Å². The van der Waals surface area contributed by atoms with Gasteiger partial charge in [-0.1, -0.05) is 12.1 Å². The fourth-order valence-corrected chi connectivity index (χ4v) is 3.23. The van der Waals surface area contributed by atoms with Gasteiger partial charge in [0.25, 0.3) is 0 Å². The normalized spacial score (nSPS) is 10.9. The van der Waals surface area contributed by atoms with E-state index in [0.717, 1.165) is 31.9 Å². The van der Waals surface area contributed by atoms with Gasteiger partial charge in [-0.3, -0.25) is 14.2 Å². The van der Waals surface area contributed by atoms with Crippen LogP contribution in [0.2, 0.25) is 0 Å². The second-order valence-corrected chi connectivity index (χ2v) is 7.57. The molecule has 0 atom stereocenters. The standard InChI is InChI=1S/C19H22IN5O/c1-13-9-14(2)25(22-13)11-16-5-4-6-17(10-16)21-19(26)7-8-24-12-18(20)15(3)23-24/h4-6,9-10,12H,7-8,11H2,1-3H3,(H,21,26). The molecule has 2 heterocycles. The summed E-state index contributed by atoms with van der Waals surface area (Å²) in [6, 6.07) is 9.96. The molecule has 6 nitrogen and oxygen atoms in total. The van der Waals surface area contributed by atoms with Gasteiger partial charge in [0, 0.05) is 30.5 Å². The highest BCUT2D eigenvalue weighted by Crippen LogP contribution is 2.14. The van der Waals surface area contributed by atoms with Crippen molar-refractivity contribution in [1.82, 2.24) is 19.6 Å². The van der Waals surface area contributed by atoms with E-state index in [1.807, 2.05) is 60.6 Å². The first-order chi connectivity index (χ1) is 12.4. The van der Waals surface area contributed by atoms with Crippen molar-refractivity contribution in [2.45, 2.75) is 40.3 Å². The first kappa shape index (κ1) is 18.6. The highest BCUT2D eigenvalue weighted by molar-refractivity contribution is 14.1. The number of amides is 1. The Bertz CT molecular complexity index is 908. The molecule has 26 heavy (non-hydrogen) atoms. The average Bonchev–Trinajstić information content (AvgIpc) is 3.07. The molecule has 0 fully saturated rings. The number of aromatic nitrogens is 4. The van der Waals surface area contributed by atoms with Crippen LogP contribution in [0.3, 0.4) is 0 Å². The lowest BCUT2D eigenvalue weighted by Crippen LogP contribution is -2.15. The Morgan fingerprint density at radius 2 is 2.00 bits per heavy atom. The van der Waals surface area contributed by atoms with Gasteiger partial charge in [-0.25, -0.2) is 0 Å². The van der Waals surface area contributed by atoms with Crippen LogP contribution in [0.25, 0.3) is 0 Å². The first-order valence-corrected chi connectivity index (χ1v) is 9.58. The summed E-state index contributed by atoms with van der Waals surface area (Å²) in [5, 5.41) is 11.8. The third kappa shape index (κ3) is 4.72. The molecule has 1 amide bonds. The van der Waals surface area contributed by atoms with Crippen LogP contribution in [0.1, 0.15) is 29.1 Å². The molecule has 2 aromatic heterocycles. The van der Waals surface area contributed by atoms with Crippen molar-refractivity contribution in [3.8, 4) is 0 Å². The molecule has 0 spiro atoms. The number of halogens is 1. The van der Waals surface area contributed by atoms with Gasteiger partial charge in [0.05, 0.1) is 21.5 Å². The highest BCUT2D eigenvalue weighted by atomic mass is 127. The maximum atomic E-state index is 12.2. The second kappa shape index (κ2) is 8.03. The molecule has 0 unspecified atom stereocenters. The topological polar surface area (TPSA) is 64.7 Å². The Balaban J connectivity index is 1.59. The summed E-state index contributed by atoms with van der Waals surface area (Å²) < 4.78 is 4.90. The summed E-state index contributed by atoms with van der Waals surface area (Å²) in [6.45, 7) is 7.26. The molecule has 0 aliphatic rings. The summed E-state index contributed by atoms with van der Waals surface area (Å²) >= 11 is 2.25. The first-order valence-electron chi connectivity index (χ1n) is 8.50. The number of aryl methyl sites for hydroxylation is 4. The minimum atomic E-state index is -0.0172. The molecule has 1 aromatic carbocycles. The maximum Gasteiger partial charge on any atom is 0.226 e. The van der Waals surface area contributed by atoms with E-state index < -0.39 is 0 Å². The molecule has 1 N–H and O–H groups in total. The zero-order chi connectivity index (χ0) is 18.7. The average molecular weight is 463 g/mol. The molecule has 0 aliphatic heterocycles. The van der Waals surface area contributed by atoms with E-state index in [-0.39, 0.29) is 5.91 Å². The van der Waals surface area contributed by atoms with E-state index in [9.17, 15) is 4.79 Å². The molecule has 3 aromatic rings. The summed E-state index contributed by atoms with van der Waals surface area (Å²) in [5.74, 6) is -0.0172. The van der Waals surface area contributed by atoms with Crippen LogP contribution in [0.5, 0.6) is 0 Å². The van der Waals surface area contributed by atoms with Crippen LogP contribution in [0.15, 0.2) is 36.5 Å². The summed E-state index contributed by atoms with van der Waals surface area (Å²) in [7, 11) is 0. The lowest BCUT2D eigenvalue weighted by molar-refractivity contribution is -0.116. The van der Waals surface area contributed by atoms with Gasteiger partial charge >= 0.3 is 0 Å². The van der Waals surface area contributed by atoms with Crippen molar-refractivity contribution in [1.29, 1.82) is 0 Å². The number of carbonyl (C=O) groups is 1. The van der Waals surface area contributed by atoms with Gasteiger partial charge in [-0.15, -0.1) is 0 Å². The van der Waals surface area contributed by atoms with E-state index in [4.69, 9.17) is 0 Å². The third-order valence-electron chi connectivity index (χ3n) is 4.10. The van der Waals surface area contributed by atoms with Gasteiger partial charge in [0.2, 0.25) is 5.91 Å².